The van der Waals surface area contributed by atoms with E-state index in [1.54, 1.807) is 7.11 Å². The van der Waals surface area contributed by atoms with E-state index in [1.807, 2.05) is 13.0 Å². The quantitative estimate of drug-likeness (QED) is 0.720. The van der Waals surface area contributed by atoms with Crippen LogP contribution in [0.15, 0.2) is 6.07 Å². The lowest BCUT2D eigenvalue weighted by Crippen LogP contribution is -2.12. The number of carbonyl (C=O) groups excluding carboxylic acids is 1. The molecule has 0 bridgehead atoms. The first-order chi connectivity index (χ1) is 5.69. The van der Waals surface area contributed by atoms with Crippen molar-refractivity contribution >= 4 is 17.1 Å². The Hall–Kier alpha value is -0.870. The zero-order valence-electron chi connectivity index (χ0n) is 7.09. The molecule has 0 unspecified atom stereocenters. The van der Waals surface area contributed by atoms with Crippen molar-refractivity contribution in [1.29, 1.82) is 0 Å². The second kappa shape index (κ2) is 3.69. The number of Topliss-reactive ketones (excluding diaryl/α,β-unsaturated/α-hetero) is 1. The van der Waals surface area contributed by atoms with Crippen molar-refractivity contribution < 1.29 is 9.53 Å². The van der Waals surface area contributed by atoms with E-state index in [9.17, 15) is 4.79 Å². The van der Waals surface area contributed by atoms with E-state index in [-0.39, 0.29) is 12.3 Å². The molecule has 0 aliphatic carbocycles. The Morgan fingerprint density at radius 2 is 2.42 bits per heavy atom. The summed E-state index contributed by atoms with van der Waals surface area (Å²) in [7, 11) is 1.55. The first-order valence-electron chi connectivity index (χ1n) is 3.56. The van der Waals surface area contributed by atoms with Crippen molar-refractivity contribution in [3.8, 4) is 5.75 Å². The van der Waals surface area contributed by atoms with E-state index in [0.717, 1.165) is 4.88 Å². The van der Waals surface area contributed by atoms with Gasteiger partial charge in [-0.15, -0.1) is 11.3 Å². The van der Waals surface area contributed by atoms with Crippen LogP contribution >= 0.6 is 11.3 Å². The highest BCUT2D eigenvalue weighted by Crippen LogP contribution is 2.28. The van der Waals surface area contributed by atoms with Crippen molar-refractivity contribution in [3.63, 3.8) is 0 Å². The normalized spacial score (nSPS) is 9.92. The van der Waals surface area contributed by atoms with Gasteiger partial charge in [0.15, 0.2) is 5.78 Å². The number of carbonyl (C=O) groups is 1. The van der Waals surface area contributed by atoms with Crippen LogP contribution < -0.4 is 10.5 Å². The second-order valence-electron chi connectivity index (χ2n) is 2.38. The lowest BCUT2D eigenvalue weighted by Gasteiger charge is -1.97. The first-order valence-corrected chi connectivity index (χ1v) is 4.38. The first kappa shape index (κ1) is 9.22. The van der Waals surface area contributed by atoms with Crippen molar-refractivity contribution in [3.05, 3.63) is 15.8 Å². The van der Waals surface area contributed by atoms with E-state index in [1.165, 1.54) is 11.3 Å². The predicted octanol–water partition coefficient (Wildman–Crippen LogP) is 1.21. The third kappa shape index (κ3) is 1.65. The molecular weight excluding hydrogens is 174 g/mol. The van der Waals surface area contributed by atoms with Crippen LogP contribution in [0.1, 0.15) is 14.5 Å². The number of rotatable bonds is 3. The smallest absolute Gasteiger partial charge is 0.190 e. The van der Waals surface area contributed by atoms with Crippen LogP contribution in [0.2, 0.25) is 0 Å². The van der Waals surface area contributed by atoms with Crippen molar-refractivity contribution in [1.82, 2.24) is 0 Å². The van der Waals surface area contributed by atoms with Gasteiger partial charge in [0.05, 0.1) is 13.7 Å². The molecule has 0 aliphatic rings. The minimum atomic E-state index is -0.0649. The van der Waals surface area contributed by atoms with Crippen LogP contribution in [0.25, 0.3) is 0 Å². The minimum absolute atomic E-state index is 0.0380. The summed E-state index contributed by atoms with van der Waals surface area (Å²) < 4.78 is 5.02. The van der Waals surface area contributed by atoms with Crippen LogP contribution in [0, 0.1) is 6.92 Å². The average molecular weight is 185 g/mol. The number of hydrogen-bond acceptors (Lipinski definition) is 4. The maximum absolute atomic E-state index is 11.2. The molecule has 0 saturated carbocycles. The fraction of sp³-hybridized carbons (Fsp3) is 0.375. The van der Waals surface area contributed by atoms with Crippen molar-refractivity contribution in [2.45, 2.75) is 6.92 Å². The molecule has 0 aliphatic heterocycles. The van der Waals surface area contributed by atoms with Gasteiger partial charge in [-0.1, -0.05) is 0 Å². The fourth-order valence-corrected chi connectivity index (χ4v) is 1.86. The van der Waals surface area contributed by atoms with Crippen LogP contribution in [0.4, 0.5) is 0 Å². The summed E-state index contributed by atoms with van der Waals surface area (Å²) in [6.07, 6.45) is 0. The molecule has 0 spiro atoms. The summed E-state index contributed by atoms with van der Waals surface area (Å²) in [5, 5.41) is 0. The Bertz CT molecular complexity index is 293. The Balaban J connectivity index is 3.04. The van der Waals surface area contributed by atoms with E-state index in [2.05, 4.69) is 0 Å². The summed E-state index contributed by atoms with van der Waals surface area (Å²) in [6, 6.07) is 1.84. The van der Waals surface area contributed by atoms with Crippen molar-refractivity contribution in [2.24, 2.45) is 5.73 Å². The maximum Gasteiger partial charge on any atom is 0.190 e. The predicted molar refractivity (Wildman–Crippen MR) is 49.0 cm³/mol. The monoisotopic (exact) mass is 185 g/mol. The molecule has 0 amide bonds. The molecule has 66 valence electrons. The molecule has 12 heavy (non-hydrogen) atoms. The average Bonchev–Trinajstić information content (AvgIpc) is 2.45. The Kier molecular flexibility index (Phi) is 2.83. The molecule has 0 saturated heterocycles. The van der Waals surface area contributed by atoms with Crippen molar-refractivity contribution in [2.75, 3.05) is 13.7 Å². The van der Waals surface area contributed by atoms with Gasteiger partial charge in [-0.3, -0.25) is 4.79 Å². The van der Waals surface area contributed by atoms with Gasteiger partial charge < -0.3 is 10.5 Å². The number of nitrogens with two attached hydrogens (primary N) is 1. The zero-order valence-corrected chi connectivity index (χ0v) is 7.90. The zero-order chi connectivity index (χ0) is 9.14. The molecule has 0 aromatic carbocycles. The highest BCUT2D eigenvalue weighted by Gasteiger charge is 2.13. The number of ketones is 1. The molecular formula is C8H11NO2S. The van der Waals surface area contributed by atoms with Gasteiger partial charge in [0.25, 0.3) is 0 Å². The molecule has 1 aromatic rings. The lowest BCUT2D eigenvalue weighted by atomic mass is 10.3. The third-order valence-electron chi connectivity index (χ3n) is 1.48. The van der Waals surface area contributed by atoms with Crippen LogP contribution in [-0.2, 0) is 0 Å². The van der Waals surface area contributed by atoms with Crippen LogP contribution in [0.3, 0.4) is 0 Å². The molecule has 0 radical (unpaired) electrons. The summed E-state index contributed by atoms with van der Waals surface area (Å²) >= 11 is 1.42. The van der Waals surface area contributed by atoms with Gasteiger partial charge in [0, 0.05) is 4.88 Å². The second-order valence-corrected chi connectivity index (χ2v) is 3.64. The molecule has 2 N–H and O–H groups in total. The summed E-state index contributed by atoms with van der Waals surface area (Å²) in [5.41, 5.74) is 5.24. The molecule has 3 nitrogen and oxygen atoms in total. The summed E-state index contributed by atoms with van der Waals surface area (Å²) in [4.78, 5) is 12.9. The standard InChI is InChI=1S/C8H11NO2S/c1-5-3-7(11-2)8(12-5)6(10)4-9/h3H,4,9H2,1-2H3. The minimum Gasteiger partial charge on any atom is -0.495 e. The Labute approximate surface area is 75.1 Å². The van der Waals surface area contributed by atoms with E-state index >= 15 is 0 Å². The van der Waals surface area contributed by atoms with Gasteiger partial charge in [-0.2, -0.15) is 0 Å². The van der Waals surface area contributed by atoms with E-state index in [0.29, 0.717) is 10.6 Å². The molecule has 0 fully saturated rings. The Morgan fingerprint density at radius 1 is 1.75 bits per heavy atom. The molecule has 1 aromatic heterocycles. The van der Waals surface area contributed by atoms with Gasteiger partial charge in [-0.25, -0.2) is 0 Å². The maximum atomic E-state index is 11.2. The Morgan fingerprint density at radius 3 is 2.92 bits per heavy atom. The van der Waals surface area contributed by atoms with Gasteiger partial charge >= 0.3 is 0 Å². The number of methoxy groups -OCH3 is 1. The fourth-order valence-electron chi connectivity index (χ4n) is 0.930. The van der Waals surface area contributed by atoms with Crippen LogP contribution in [0.5, 0.6) is 5.75 Å². The third-order valence-corrected chi connectivity index (χ3v) is 2.55. The molecule has 4 heteroatoms. The lowest BCUT2D eigenvalue weighted by molar-refractivity contribution is 0.100. The number of aryl methyl sites for hydroxylation is 1. The highest BCUT2D eigenvalue weighted by molar-refractivity contribution is 7.14. The van der Waals surface area contributed by atoms with Gasteiger partial charge in [0.1, 0.15) is 10.6 Å². The van der Waals surface area contributed by atoms with E-state index < -0.39 is 0 Å². The number of thiophene rings is 1. The molecule has 1 rings (SSSR count). The van der Waals surface area contributed by atoms with Crippen LogP contribution in [-0.4, -0.2) is 19.4 Å². The van der Waals surface area contributed by atoms with Gasteiger partial charge in [-0.05, 0) is 13.0 Å². The molecule has 1 heterocycles. The summed E-state index contributed by atoms with van der Waals surface area (Å²) in [5.74, 6) is 0.568. The van der Waals surface area contributed by atoms with E-state index in [4.69, 9.17) is 10.5 Å². The topological polar surface area (TPSA) is 52.3 Å². The highest BCUT2D eigenvalue weighted by atomic mass is 32.1. The largest absolute Gasteiger partial charge is 0.495 e. The summed E-state index contributed by atoms with van der Waals surface area (Å²) in [6.45, 7) is 1.97. The number of ether oxygens (including phenoxy) is 1. The molecule has 0 atom stereocenters. The number of hydrogen-bond donors (Lipinski definition) is 1. The van der Waals surface area contributed by atoms with Gasteiger partial charge in [0.2, 0.25) is 0 Å². The SMILES string of the molecule is COc1cc(C)sc1C(=O)CN.